The average molecular weight is 264 g/mol. The van der Waals surface area contributed by atoms with Crippen molar-refractivity contribution >= 4 is 5.91 Å². The van der Waals surface area contributed by atoms with Crippen LogP contribution >= 0.6 is 0 Å². The van der Waals surface area contributed by atoms with Crippen LogP contribution in [0.3, 0.4) is 0 Å². The molecule has 1 aromatic carbocycles. The van der Waals surface area contributed by atoms with Gasteiger partial charge in [-0.05, 0) is 49.4 Å². The molecule has 0 heterocycles. The second kappa shape index (κ2) is 6.15. The van der Waals surface area contributed by atoms with Crippen LogP contribution in [-0.4, -0.2) is 12.5 Å². The Morgan fingerprint density at radius 1 is 1.47 bits per heavy atom. The van der Waals surface area contributed by atoms with Crippen molar-refractivity contribution in [3.63, 3.8) is 0 Å². The van der Waals surface area contributed by atoms with Gasteiger partial charge in [-0.15, -0.1) is 0 Å². The molecule has 3 N–H and O–H groups in total. The summed E-state index contributed by atoms with van der Waals surface area (Å²) in [5, 5.41) is 2.89. The summed E-state index contributed by atoms with van der Waals surface area (Å²) in [5.41, 5.74) is 7.09. The summed E-state index contributed by atoms with van der Waals surface area (Å²) in [6.45, 7) is 2.67. The quantitative estimate of drug-likeness (QED) is 0.875. The first-order chi connectivity index (χ1) is 9.11. The monoisotopic (exact) mass is 264 g/mol. The van der Waals surface area contributed by atoms with E-state index in [1.165, 1.54) is 6.07 Å². The standard InChI is InChI=1S/C15H21FN2O/c1-10-5-6-11(7-14(10)16)9-18-15(19)13-4-2-3-12(13)8-17/h5-7,12-13H,2-4,8-9,17H2,1H3,(H,18,19). The first-order valence-electron chi connectivity index (χ1n) is 6.84. The largest absolute Gasteiger partial charge is 0.352 e. The number of nitrogens with one attached hydrogen (secondary N) is 1. The molecule has 0 saturated heterocycles. The van der Waals surface area contributed by atoms with Gasteiger partial charge in [0.2, 0.25) is 5.91 Å². The molecule has 0 spiro atoms. The lowest BCUT2D eigenvalue weighted by atomic mass is 9.95. The van der Waals surface area contributed by atoms with Crippen molar-refractivity contribution in [1.29, 1.82) is 0 Å². The topological polar surface area (TPSA) is 55.1 Å². The highest BCUT2D eigenvalue weighted by molar-refractivity contribution is 5.79. The summed E-state index contributed by atoms with van der Waals surface area (Å²) in [7, 11) is 0. The fraction of sp³-hybridized carbons (Fsp3) is 0.533. The van der Waals surface area contributed by atoms with Gasteiger partial charge in [-0.1, -0.05) is 18.6 Å². The highest BCUT2D eigenvalue weighted by atomic mass is 19.1. The fourth-order valence-corrected chi connectivity index (χ4v) is 2.73. The Morgan fingerprint density at radius 2 is 2.26 bits per heavy atom. The van der Waals surface area contributed by atoms with Gasteiger partial charge in [-0.3, -0.25) is 4.79 Å². The Morgan fingerprint density at radius 3 is 2.95 bits per heavy atom. The fourth-order valence-electron chi connectivity index (χ4n) is 2.73. The minimum absolute atomic E-state index is 0.0281. The molecule has 2 unspecified atom stereocenters. The molecule has 19 heavy (non-hydrogen) atoms. The molecule has 1 aliphatic carbocycles. The van der Waals surface area contributed by atoms with Crippen LogP contribution in [0, 0.1) is 24.6 Å². The zero-order valence-electron chi connectivity index (χ0n) is 11.3. The van der Waals surface area contributed by atoms with E-state index in [4.69, 9.17) is 5.73 Å². The van der Waals surface area contributed by atoms with Crippen LogP contribution in [-0.2, 0) is 11.3 Å². The van der Waals surface area contributed by atoms with E-state index in [2.05, 4.69) is 5.32 Å². The number of carbonyl (C=O) groups excluding carboxylic acids is 1. The number of rotatable bonds is 4. The van der Waals surface area contributed by atoms with Crippen molar-refractivity contribution in [1.82, 2.24) is 5.32 Å². The molecule has 1 amide bonds. The molecule has 2 rings (SSSR count). The Hall–Kier alpha value is -1.42. The molecule has 0 aliphatic heterocycles. The predicted octanol–water partition coefficient (Wildman–Crippen LogP) is 2.13. The summed E-state index contributed by atoms with van der Waals surface area (Å²) in [6.07, 6.45) is 3.02. The number of nitrogens with two attached hydrogens (primary N) is 1. The lowest BCUT2D eigenvalue weighted by Crippen LogP contribution is -2.34. The Kier molecular flexibility index (Phi) is 4.53. The van der Waals surface area contributed by atoms with E-state index in [1.54, 1.807) is 13.0 Å². The maximum absolute atomic E-state index is 13.4. The number of carbonyl (C=O) groups is 1. The van der Waals surface area contributed by atoms with Gasteiger partial charge in [0, 0.05) is 12.5 Å². The molecule has 1 saturated carbocycles. The van der Waals surface area contributed by atoms with Crippen molar-refractivity contribution in [2.75, 3.05) is 6.54 Å². The maximum atomic E-state index is 13.4. The highest BCUT2D eigenvalue weighted by Crippen LogP contribution is 2.30. The van der Waals surface area contributed by atoms with Crippen molar-refractivity contribution < 1.29 is 9.18 Å². The molecule has 0 bridgehead atoms. The summed E-state index contributed by atoms with van der Waals surface area (Å²) in [5.74, 6) is 0.149. The van der Waals surface area contributed by atoms with Gasteiger partial charge in [-0.2, -0.15) is 0 Å². The first kappa shape index (κ1) is 14.0. The third kappa shape index (κ3) is 3.32. The highest BCUT2D eigenvalue weighted by Gasteiger charge is 2.31. The Bertz CT molecular complexity index is 461. The van der Waals surface area contributed by atoms with Crippen LogP contribution < -0.4 is 11.1 Å². The third-order valence-corrected chi connectivity index (χ3v) is 4.00. The first-order valence-corrected chi connectivity index (χ1v) is 6.84. The third-order valence-electron chi connectivity index (χ3n) is 4.00. The van der Waals surface area contributed by atoms with Crippen LogP contribution in [0.4, 0.5) is 4.39 Å². The lowest BCUT2D eigenvalue weighted by molar-refractivity contribution is -0.126. The van der Waals surface area contributed by atoms with E-state index in [9.17, 15) is 9.18 Å². The second-order valence-corrected chi connectivity index (χ2v) is 5.33. The average Bonchev–Trinajstić information content (AvgIpc) is 2.88. The smallest absolute Gasteiger partial charge is 0.223 e. The predicted molar refractivity (Wildman–Crippen MR) is 72.9 cm³/mol. The number of amides is 1. The number of hydrogen-bond acceptors (Lipinski definition) is 2. The van der Waals surface area contributed by atoms with E-state index in [-0.39, 0.29) is 17.6 Å². The summed E-state index contributed by atoms with van der Waals surface area (Å²) in [4.78, 5) is 12.1. The number of halogens is 1. The van der Waals surface area contributed by atoms with Crippen molar-refractivity contribution in [2.24, 2.45) is 17.6 Å². The van der Waals surface area contributed by atoms with Gasteiger partial charge in [-0.25, -0.2) is 4.39 Å². The normalized spacial score (nSPS) is 22.5. The maximum Gasteiger partial charge on any atom is 0.223 e. The zero-order chi connectivity index (χ0) is 13.8. The van der Waals surface area contributed by atoms with E-state index >= 15 is 0 Å². The molecule has 2 atom stereocenters. The van der Waals surface area contributed by atoms with Crippen molar-refractivity contribution in [2.45, 2.75) is 32.7 Å². The second-order valence-electron chi connectivity index (χ2n) is 5.33. The van der Waals surface area contributed by atoms with Crippen LogP contribution in [0.15, 0.2) is 18.2 Å². The molecule has 1 fully saturated rings. The van der Waals surface area contributed by atoms with E-state index in [0.717, 1.165) is 24.8 Å². The summed E-state index contributed by atoms with van der Waals surface area (Å²) in [6, 6.07) is 5.05. The molecule has 1 aromatic rings. The van der Waals surface area contributed by atoms with Gasteiger partial charge >= 0.3 is 0 Å². The lowest BCUT2D eigenvalue weighted by Gasteiger charge is -2.17. The van der Waals surface area contributed by atoms with Crippen molar-refractivity contribution in [3.05, 3.63) is 35.1 Å². The number of benzene rings is 1. The van der Waals surface area contributed by atoms with Crippen LogP contribution in [0.5, 0.6) is 0 Å². The summed E-state index contributed by atoms with van der Waals surface area (Å²) < 4.78 is 13.4. The van der Waals surface area contributed by atoms with Crippen LogP contribution in [0.25, 0.3) is 0 Å². The molecular weight excluding hydrogens is 243 g/mol. The Balaban J connectivity index is 1.91. The van der Waals surface area contributed by atoms with Crippen LogP contribution in [0.2, 0.25) is 0 Å². The molecule has 4 heteroatoms. The number of hydrogen-bond donors (Lipinski definition) is 2. The molecule has 0 aromatic heterocycles. The SMILES string of the molecule is Cc1ccc(CNC(=O)C2CCCC2CN)cc1F. The van der Waals surface area contributed by atoms with Gasteiger partial charge in [0.05, 0.1) is 0 Å². The van der Waals surface area contributed by atoms with E-state index < -0.39 is 0 Å². The molecule has 3 nitrogen and oxygen atoms in total. The minimum Gasteiger partial charge on any atom is -0.352 e. The molecular formula is C15H21FN2O. The molecule has 104 valence electrons. The molecule has 1 aliphatic rings. The van der Waals surface area contributed by atoms with Gasteiger partial charge in [0.1, 0.15) is 5.82 Å². The minimum atomic E-state index is -0.229. The van der Waals surface area contributed by atoms with Gasteiger partial charge in [0.25, 0.3) is 0 Å². The number of aryl methyl sites for hydroxylation is 1. The van der Waals surface area contributed by atoms with E-state index in [1.807, 2.05) is 6.07 Å². The molecule has 0 radical (unpaired) electrons. The van der Waals surface area contributed by atoms with E-state index in [0.29, 0.717) is 24.6 Å². The summed E-state index contributed by atoms with van der Waals surface area (Å²) >= 11 is 0. The van der Waals surface area contributed by atoms with Gasteiger partial charge in [0.15, 0.2) is 0 Å². The zero-order valence-corrected chi connectivity index (χ0v) is 11.3. The van der Waals surface area contributed by atoms with Gasteiger partial charge < -0.3 is 11.1 Å². The van der Waals surface area contributed by atoms with Crippen molar-refractivity contribution in [3.8, 4) is 0 Å². The Labute approximate surface area is 113 Å². The van der Waals surface area contributed by atoms with Crippen LogP contribution in [0.1, 0.15) is 30.4 Å².